The summed E-state index contributed by atoms with van der Waals surface area (Å²) in [7, 11) is -4.15. The quantitative estimate of drug-likeness (QED) is 0.319. The summed E-state index contributed by atoms with van der Waals surface area (Å²) in [5.74, 6) is -0.465. The van der Waals surface area contributed by atoms with Gasteiger partial charge in [0.15, 0.2) is 11.5 Å². The van der Waals surface area contributed by atoms with Gasteiger partial charge in [-0.05, 0) is 55.0 Å². The first kappa shape index (κ1) is 25.4. The van der Waals surface area contributed by atoms with Crippen molar-refractivity contribution in [1.29, 1.82) is 0 Å². The highest BCUT2D eigenvalue weighted by molar-refractivity contribution is 7.92. The zero-order valence-electron chi connectivity index (χ0n) is 18.0. The third kappa shape index (κ3) is 5.99. The molecular formula is C23H21Cl2N3O5S. The lowest BCUT2D eigenvalue weighted by Gasteiger charge is -2.24. The molecule has 0 saturated carbocycles. The molecule has 8 nitrogen and oxygen atoms in total. The Kier molecular flexibility index (Phi) is 8.38. The Morgan fingerprint density at radius 1 is 1.12 bits per heavy atom. The number of hydrazone groups is 1. The van der Waals surface area contributed by atoms with Crippen molar-refractivity contribution in [3.63, 3.8) is 0 Å². The van der Waals surface area contributed by atoms with Crippen molar-refractivity contribution in [3.05, 3.63) is 82.3 Å². The van der Waals surface area contributed by atoms with Crippen molar-refractivity contribution in [1.82, 2.24) is 5.43 Å². The van der Waals surface area contributed by atoms with Crippen molar-refractivity contribution in [2.24, 2.45) is 5.10 Å². The Labute approximate surface area is 207 Å². The first-order chi connectivity index (χ1) is 16.2. The van der Waals surface area contributed by atoms with Gasteiger partial charge >= 0.3 is 0 Å². The number of hydrogen-bond acceptors (Lipinski definition) is 6. The Balaban J connectivity index is 1.84. The van der Waals surface area contributed by atoms with Crippen molar-refractivity contribution in [2.75, 3.05) is 17.5 Å². The number of halogens is 2. The predicted molar refractivity (Wildman–Crippen MR) is 132 cm³/mol. The second-order valence-electron chi connectivity index (χ2n) is 6.85. The fourth-order valence-corrected chi connectivity index (χ4v) is 4.83. The van der Waals surface area contributed by atoms with Gasteiger partial charge in [0.2, 0.25) is 0 Å². The topological polar surface area (TPSA) is 108 Å². The lowest BCUT2D eigenvalue weighted by molar-refractivity contribution is -0.119. The summed E-state index contributed by atoms with van der Waals surface area (Å²) in [5, 5.41) is 13.8. The number of sulfonamides is 1. The molecule has 0 fully saturated rings. The molecule has 3 rings (SSSR count). The number of aromatic hydroxyl groups is 1. The van der Waals surface area contributed by atoms with E-state index in [2.05, 4.69) is 10.5 Å². The van der Waals surface area contributed by atoms with Crippen LogP contribution >= 0.6 is 23.2 Å². The number of nitrogens with zero attached hydrogens (tertiary/aromatic N) is 2. The molecule has 178 valence electrons. The van der Waals surface area contributed by atoms with E-state index in [0.29, 0.717) is 12.2 Å². The number of hydrogen-bond donors (Lipinski definition) is 2. The normalized spacial score (nSPS) is 11.4. The third-order valence-electron chi connectivity index (χ3n) is 4.50. The van der Waals surface area contributed by atoms with Crippen LogP contribution in [-0.4, -0.2) is 38.8 Å². The molecule has 0 atom stereocenters. The number of phenolic OH excluding ortho intramolecular Hbond substituents is 1. The molecule has 0 unspecified atom stereocenters. The largest absolute Gasteiger partial charge is 0.504 e. The first-order valence-electron chi connectivity index (χ1n) is 10.0. The Bertz CT molecular complexity index is 1300. The Morgan fingerprint density at radius 2 is 1.85 bits per heavy atom. The molecular weight excluding hydrogens is 501 g/mol. The van der Waals surface area contributed by atoms with Crippen LogP contribution in [0, 0.1) is 0 Å². The maximum absolute atomic E-state index is 13.3. The second-order valence-corrected chi connectivity index (χ2v) is 9.50. The predicted octanol–water partition coefficient (Wildman–Crippen LogP) is 4.44. The first-order valence-corrected chi connectivity index (χ1v) is 12.2. The molecule has 0 aromatic heterocycles. The van der Waals surface area contributed by atoms with Gasteiger partial charge in [0.05, 0.1) is 33.4 Å². The summed E-state index contributed by atoms with van der Waals surface area (Å²) in [4.78, 5) is 12.6. The van der Waals surface area contributed by atoms with E-state index in [4.69, 9.17) is 27.9 Å². The highest BCUT2D eigenvalue weighted by Gasteiger charge is 2.29. The highest BCUT2D eigenvalue weighted by atomic mass is 35.5. The lowest BCUT2D eigenvalue weighted by Crippen LogP contribution is -2.39. The summed E-state index contributed by atoms with van der Waals surface area (Å²) in [6.07, 6.45) is 1.34. The van der Waals surface area contributed by atoms with Gasteiger partial charge < -0.3 is 9.84 Å². The van der Waals surface area contributed by atoms with E-state index in [-0.39, 0.29) is 32.1 Å². The van der Waals surface area contributed by atoms with Gasteiger partial charge in [0.1, 0.15) is 6.54 Å². The maximum Gasteiger partial charge on any atom is 0.264 e. The minimum Gasteiger partial charge on any atom is -0.504 e. The van der Waals surface area contributed by atoms with E-state index in [9.17, 15) is 18.3 Å². The summed E-state index contributed by atoms with van der Waals surface area (Å²) in [5.41, 5.74) is 2.90. The number of benzene rings is 3. The molecule has 0 radical (unpaired) electrons. The van der Waals surface area contributed by atoms with E-state index in [1.165, 1.54) is 42.6 Å². The van der Waals surface area contributed by atoms with Crippen LogP contribution in [0.25, 0.3) is 0 Å². The van der Waals surface area contributed by atoms with E-state index < -0.39 is 22.5 Å². The molecule has 0 aliphatic carbocycles. The standard InChI is InChI=1S/C23H21Cl2N3O5S/c1-2-33-21-13-16(11-12-20(21)29)14-26-27-22(30)15-28(19-10-6-9-18(24)23(19)25)34(31,32)17-7-4-3-5-8-17/h3-14,29H,2,15H2,1H3,(H,27,30)/b26-14-. The molecule has 1 amide bonds. The van der Waals surface area contributed by atoms with Crippen molar-refractivity contribution in [2.45, 2.75) is 11.8 Å². The van der Waals surface area contributed by atoms with Crippen molar-refractivity contribution >= 4 is 51.0 Å². The van der Waals surface area contributed by atoms with Gasteiger partial charge in [-0.3, -0.25) is 9.10 Å². The highest BCUT2D eigenvalue weighted by Crippen LogP contribution is 2.35. The van der Waals surface area contributed by atoms with Crippen molar-refractivity contribution in [3.8, 4) is 11.5 Å². The van der Waals surface area contributed by atoms with Crippen LogP contribution < -0.4 is 14.5 Å². The van der Waals surface area contributed by atoms with Crippen LogP contribution in [0.2, 0.25) is 10.0 Å². The minimum absolute atomic E-state index is 0.00693. The molecule has 0 saturated heterocycles. The maximum atomic E-state index is 13.3. The monoisotopic (exact) mass is 521 g/mol. The van der Waals surface area contributed by atoms with Crippen LogP contribution in [0.1, 0.15) is 12.5 Å². The van der Waals surface area contributed by atoms with E-state index in [0.717, 1.165) is 4.31 Å². The summed E-state index contributed by atoms with van der Waals surface area (Å²) in [6, 6.07) is 16.7. The zero-order chi connectivity index (χ0) is 24.7. The average molecular weight is 522 g/mol. The second kappa shape index (κ2) is 11.2. The molecule has 11 heteroatoms. The molecule has 0 heterocycles. The molecule has 0 aliphatic heterocycles. The smallest absolute Gasteiger partial charge is 0.264 e. The lowest BCUT2D eigenvalue weighted by atomic mass is 10.2. The van der Waals surface area contributed by atoms with Gasteiger partial charge in [0, 0.05) is 0 Å². The van der Waals surface area contributed by atoms with Gasteiger partial charge in [-0.25, -0.2) is 13.8 Å². The molecule has 0 bridgehead atoms. The van der Waals surface area contributed by atoms with Crippen LogP contribution in [0.3, 0.4) is 0 Å². The summed E-state index contributed by atoms with van der Waals surface area (Å²) >= 11 is 12.4. The van der Waals surface area contributed by atoms with Gasteiger partial charge in [-0.2, -0.15) is 5.10 Å². The molecule has 2 N–H and O–H groups in total. The molecule has 3 aromatic rings. The van der Waals surface area contributed by atoms with E-state index in [1.54, 1.807) is 37.3 Å². The molecule has 0 spiro atoms. The number of nitrogens with one attached hydrogen (secondary N) is 1. The van der Waals surface area contributed by atoms with Crippen molar-refractivity contribution < 1.29 is 23.1 Å². The number of rotatable bonds is 9. The summed E-state index contributed by atoms with van der Waals surface area (Å²) < 4.78 is 32.8. The van der Waals surface area contributed by atoms with Crippen LogP contribution in [-0.2, 0) is 14.8 Å². The van der Waals surface area contributed by atoms with E-state index in [1.807, 2.05) is 0 Å². The molecule has 34 heavy (non-hydrogen) atoms. The fourth-order valence-electron chi connectivity index (χ4n) is 2.93. The Hall–Kier alpha value is -3.27. The molecule has 3 aromatic carbocycles. The van der Waals surface area contributed by atoms with Crippen LogP contribution in [0.15, 0.2) is 76.7 Å². The van der Waals surface area contributed by atoms with Crippen LogP contribution in [0.5, 0.6) is 11.5 Å². The Morgan fingerprint density at radius 3 is 2.56 bits per heavy atom. The number of phenols is 1. The number of carbonyl (C=O) groups excluding carboxylic acids is 1. The van der Waals surface area contributed by atoms with Gasteiger partial charge in [0.25, 0.3) is 15.9 Å². The average Bonchev–Trinajstić information content (AvgIpc) is 2.82. The zero-order valence-corrected chi connectivity index (χ0v) is 20.3. The number of anilines is 1. The summed E-state index contributed by atoms with van der Waals surface area (Å²) in [6.45, 7) is 1.54. The number of ether oxygens (including phenoxy) is 1. The van der Waals surface area contributed by atoms with Gasteiger partial charge in [-0.15, -0.1) is 0 Å². The third-order valence-corrected chi connectivity index (χ3v) is 7.09. The van der Waals surface area contributed by atoms with Gasteiger partial charge in [-0.1, -0.05) is 47.5 Å². The SMILES string of the molecule is CCOc1cc(/C=N\NC(=O)CN(c2cccc(Cl)c2Cl)S(=O)(=O)c2ccccc2)ccc1O. The number of carbonyl (C=O) groups is 1. The van der Waals surface area contributed by atoms with Crippen LogP contribution in [0.4, 0.5) is 5.69 Å². The number of amides is 1. The van der Waals surface area contributed by atoms with E-state index >= 15 is 0 Å². The minimum atomic E-state index is -4.15. The molecule has 0 aliphatic rings. The fraction of sp³-hybridized carbons (Fsp3) is 0.130.